The van der Waals surface area contributed by atoms with E-state index in [1.807, 2.05) is 11.8 Å². The van der Waals surface area contributed by atoms with E-state index in [2.05, 4.69) is 19.2 Å². The molecule has 0 fully saturated rings. The molecule has 0 aromatic rings. The van der Waals surface area contributed by atoms with E-state index in [-0.39, 0.29) is 6.03 Å². The van der Waals surface area contributed by atoms with Gasteiger partial charge in [-0.1, -0.05) is 65.2 Å². The molecule has 120 valence electrons. The number of amides is 2. The van der Waals surface area contributed by atoms with E-state index in [0.29, 0.717) is 0 Å². The van der Waals surface area contributed by atoms with Gasteiger partial charge in [-0.05, 0) is 19.8 Å². The molecule has 0 aliphatic rings. The Morgan fingerprint density at radius 3 is 1.60 bits per heavy atom. The summed E-state index contributed by atoms with van der Waals surface area (Å²) in [6.45, 7) is 9.01. The zero-order chi connectivity index (χ0) is 15.1. The molecule has 2 amide bonds. The fourth-order valence-electron chi connectivity index (χ4n) is 2.39. The Labute approximate surface area is 126 Å². The minimum absolute atomic E-state index is 0.124. The molecular weight excluding hydrogens is 248 g/mol. The summed E-state index contributed by atoms with van der Waals surface area (Å²) in [6, 6.07) is 0.124. The Balaban J connectivity index is 3.85. The molecule has 0 spiro atoms. The Morgan fingerprint density at radius 1 is 0.750 bits per heavy atom. The van der Waals surface area contributed by atoms with Gasteiger partial charge in [-0.25, -0.2) is 4.79 Å². The molecule has 0 rings (SSSR count). The Morgan fingerprint density at radius 2 is 1.20 bits per heavy atom. The van der Waals surface area contributed by atoms with Crippen LogP contribution in [0, 0.1) is 0 Å². The second-order valence-electron chi connectivity index (χ2n) is 5.65. The van der Waals surface area contributed by atoms with Crippen LogP contribution in [0.5, 0.6) is 0 Å². The third-order valence-electron chi connectivity index (χ3n) is 3.68. The van der Waals surface area contributed by atoms with Gasteiger partial charge in [0, 0.05) is 19.6 Å². The lowest BCUT2D eigenvalue weighted by Crippen LogP contribution is -2.41. The molecule has 3 heteroatoms. The van der Waals surface area contributed by atoms with Crippen LogP contribution in [0.25, 0.3) is 0 Å². The highest BCUT2D eigenvalue weighted by Crippen LogP contribution is 2.07. The van der Waals surface area contributed by atoms with Gasteiger partial charge in [0.2, 0.25) is 0 Å². The maximum absolute atomic E-state index is 12.0. The molecule has 0 unspecified atom stereocenters. The summed E-state index contributed by atoms with van der Waals surface area (Å²) < 4.78 is 0. The molecule has 0 aromatic carbocycles. The molecular formula is C17H36N2O. The van der Waals surface area contributed by atoms with Crippen molar-refractivity contribution in [1.82, 2.24) is 10.2 Å². The second-order valence-corrected chi connectivity index (χ2v) is 5.65. The quantitative estimate of drug-likeness (QED) is 0.476. The van der Waals surface area contributed by atoms with Gasteiger partial charge in [0.25, 0.3) is 0 Å². The summed E-state index contributed by atoms with van der Waals surface area (Å²) in [4.78, 5) is 14.0. The molecule has 0 heterocycles. The van der Waals surface area contributed by atoms with Crippen LogP contribution in [0.4, 0.5) is 4.79 Å². The third-order valence-corrected chi connectivity index (χ3v) is 3.68. The third kappa shape index (κ3) is 11.1. The Bertz CT molecular complexity index is 205. The molecule has 0 atom stereocenters. The first kappa shape index (κ1) is 19.3. The molecule has 0 aliphatic heterocycles. The van der Waals surface area contributed by atoms with Gasteiger partial charge in [-0.15, -0.1) is 0 Å². The number of rotatable bonds is 13. The van der Waals surface area contributed by atoms with Crippen molar-refractivity contribution in [3.05, 3.63) is 0 Å². The smallest absolute Gasteiger partial charge is 0.317 e. The largest absolute Gasteiger partial charge is 0.338 e. The molecule has 0 bridgehead atoms. The molecule has 1 N–H and O–H groups in total. The number of urea groups is 1. The van der Waals surface area contributed by atoms with E-state index in [1.54, 1.807) is 0 Å². The van der Waals surface area contributed by atoms with Crippen LogP contribution in [0.3, 0.4) is 0 Å². The van der Waals surface area contributed by atoms with Crippen molar-refractivity contribution in [2.75, 3.05) is 19.6 Å². The first-order valence-electron chi connectivity index (χ1n) is 8.79. The summed E-state index contributed by atoms with van der Waals surface area (Å²) in [5.41, 5.74) is 0. The predicted molar refractivity (Wildman–Crippen MR) is 88.2 cm³/mol. The molecule has 0 saturated carbocycles. The van der Waals surface area contributed by atoms with Crippen molar-refractivity contribution in [2.45, 2.75) is 85.0 Å². The number of nitrogens with one attached hydrogen (secondary N) is 1. The molecule has 0 radical (unpaired) electrons. The first-order valence-corrected chi connectivity index (χ1v) is 8.79. The van der Waals surface area contributed by atoms with E-state index in [4.69, 9.17) is 0 Å². The highest BCUT2D eigenvalue weighted by atomic mass is 16.2. The van der Waals surface area contributed by atoms with Crippen molar-refractivity contribution in [1.29, 1.82) is 0 Å². The van der Waals surface area contributed by atoms with Crippen LogP contribution in [0.2, 0.25) is 0 Å². The zero-order valence-electron chi connectivity index (χ0n) is 14.0. The van der Waals surface area contributed by atoms with Crippen LogP contribution >= 0.6 is 0 Å². The van der Waals surface area contributed by atoms with E-state index >= 15 is 0 Å². The van der Waals surface area contributed by atoms with Gasteiger partial charge in [0.05, 0.1) is 0 Å². The first-order chi connectivity index (χ1) is 9.76. The number of carbonyl (C=O) groups excluding carboxylic acids is 1. The van der Waals surface area contributed by atoms with E-state index < -0.39 is 0 Å². The van der Waals surface area contributed by atoms with E-state index in [1.165, 1.54) is 51.4 Å². The maximum Gasteiger partial charge on any atom is 0.317 e. The highest BCUT2D eigenvalue weighted by molar-refractivity contribution is 5.74. The second kappa shape index (κ2) is 14.7. The zero-order valence-corrected chi connectivity index (χ0v) is 14.0. The summed E-state index contributed by atoms with van der Waals surface area (Å²) in [5.74, 6) is 0. The number of carbonyl (C=O) groups is 1. The number of hydrogen-bond donors (Lipinski definition) is 1. The highest BCUT2D eigenvalue weighted by Gasteiger charge is 2.11. The van der Waals surface area contributed by atoms with Gasteiger partial charge in [-0.3, -0.25) is 0 Å². The lowest BCUT2D eigenvalue weighted by atomic mass is 10.1. The van der Waals surface area contributed by atoms with Gasteiger partial charge < -0.3 is 10.2 Å². The number of unbranched alkanes of at least 4 members (excludes halogenated alkanes) is 8. The van der Waals surface area contributed by atoms with Crippen molar-refractivity contribution < 1.29 is 4.79 Å². The van der Waals surface area contributed by atoms with Crippen molar-refractivity contribution in [3.8, 4) is 0 Å². The van der Waals surface area contributed by atoms with Crippen molar-refractivity contribution in [3.63, 3.8) is 0 Å². The Kier molecular flexibility index (Phi) is 14.1. The normalized spacial score (nSPS) is 10.6. The molecule has 0 saturated heterocycles. The van der Waals surface area contributed by atoms with Crippen LogP contribution in [-0.2, 0) is 0 Å². The maximum atomic E-state index is 12.0. The summed E-state index contributed by atoms with van der Waals surface area (Å²) in [5, 5.41) is 2.94. The monoisotopic (exact) mass is 284 g/mol. The molecule has 0 aliphatic carbocycles. The summed E-state index contributed by atoms with van der Waals surface area (Å²) in [6.07, 6.45) is 12.6. The lowest BCUT2D eigenvalue weighted by Gasteiger charge is -2.23. The molecule has 0 aromatic heterocycles. The number of nitrogens with zero attached hydrogens (tertiary/aromatic N) is 1. The van der Waals surface area contributed by atoms with Gasteiger partial charge >= 0.3 is 6.03 Å². The van der Waals surface area contributed by atoms with Crippen molar-refractivity contribution in [2.24, 2.45) is 0 Å². The average Bonchev–Trinajstić information content (AvgIpc) is 2.44. The van der Waals surface area contributed by atoms with Crippen LogP contribution in [-0.4, -0.2) is 30.6 Å². The SMILES string of the molecule is CCCCCCCN(CCCCCCC)C(=O)NCC. The van der Waals surface area contributed by atoms with Gasteiger partial charge in [-0.2, -0.15) is 0 Å². The Hall–Kier alpha value is -0.730. The topological polar surface area (TPSA) is 32.3 Å². The van der Waals surface area contributed by atoms with Crippen LogP contribution < -0.4 is 5.32 Å². The summed E-state index contributed by atoms with van der Waals surface area (Å²) in [7, 11) is 0. The van der Waals surface area contributed by atoms with E-state index in [9.17, 15) is 4.79 Å². The fraction of sp³-hybridized carbons (Fsp3) is 0.941. The van der Waals surface area contributed by atoms with Crippen molar-refractivity contribution >= 4 is 6.03 Å². The van der Waals surface area contributed by atoms with Gasteiger partial charge in [0.15, 0.2) is 0 Å². The fourth-order valence-corrected chi connectivity index (χ4v) is 2.39. The number of hydrogen-bond acceptors (Lipinski definition) is 1. The predicted octanol–water partition coefficient (Wildman–Crippen LogP) is 4.96. The van der Waals surface area contributed by atoms with E-state index in [0.717, 1.165) is 32.5 Å². The average molecular weight is 284 g/mol. The lowest BCUT2D eigenvalue weighted by molar-refractivity contribution is 0.195. The van der Waals surface area contributed by atoms with Gasteiger partial charge in [0.1, 0.15) is 0 Å². The minimum atomic E-state index is 0.124. The summed E-state index contributed by atoms with van der Waals surface area (Å²) >= 11 is 0. The van der Waals surface area contributed by atoms with Crippen LogP contribution in [0.1, 0.15) is 85.0 Å². The molecule has 20 heavy (non-hydrogen) atoms. The minimum Gasteiger partial charge on any atom is -0.338 e. The molecule has 3 nitrogen and oxygen atoms in total. The standard InChI is InChI=1S/C17H36N2O/c1-4-7-9-11-13-15-19(17(20)18-6-3)16-14-12-10-8-5-2/h4-16H2,1-3H3,(H,18,20). The van der Waals surface area contributed by atoms with Crippen LogP contribution in [0.15, 0.2) is 0 Å².